The molecule has 0 aliphatic rings. The zero-order valence-corrected chi connectivity index (χ0v) is 29.0. The van der Waals surface area contributed by atoms with E-state index < -0.39 is 24.2 Å². The molecule has 49 heavy (non-hydrogen) atoms. The molecule has 0 N–H and O–H groups in total. The van der Waals surface area contributed by atoms with Gasteiger partial charge >= 0.3 is 24.2 Å². The second-order valence-electron chi connectivity index (χ2n) is 11.7. The topological polar surface area (TPSA) is 142 Å². The normalized spacial score (nSPS) is 10.7. The van der Waals surface area contributed by atoms with Gasteiger partial charge < -0.3 is 9.47 Å². The van der Waals surface area contributed by atoms with E-state index in [0.29, 0.717) is 12.8 Å². The van der Waals surface area contributed by atoms with Crippen LogP contribution in [0.4, 0.5) is 9.59 Å². The van der Waals surface area contributed by atoms with Crippen molar-refractivity contribution in [3.05, 3.63) is 70.8 Å². The van der Waals surface area contributed by atoms with Gasteiger partial charge in [0.25, 0.3) is 0 Å². The molecule has 2 aromatic rings. The summed E-state index contributed by atoms with van der Waals surface area (Å²) in [5.74, 6) is -1.57. The highest BCUT2D eigenvalue weighted by molar-refractivity contribution is 5.89. The van der Waals surface area contributed by atoms with Crippen LogP contribution in [0.25, 0.3) is 0 Å². The van der Waals surface area contributed by atoms with Gasteiger partial charge in [0.15, 0.2) is 0 Å². The highest BCUT2D eigenvalue weighted by Crippen LogP contribution is 2.13. The first-order chi connectivity index (χ1) is 23.9. The summed E-state index contributed by atoms with van der Waals surface area (Å²) in [6.07, 6.45) is 14.8. The van der Waals surface area contributed by atoms with E-state index >= 15 is 0 Å². The highest BCUT2D eigenvalue weighted by atomic mass is 17.5. The fourth-order valence-electron chi connectivity index (χ4n) is 4.82. The zero-order valence-electron chi connectivity index (χ0n) is 29.0. The molecule has 0 amide bonds. The van der Waals surface area contributed by atoms with E-state index in [0.717, 1.165) is 68.9 Å². The van der Waals surface area contributed by atoms with Crippen molar-refractivity contribution in [2.45, 2.75) is 123 Å². The number of unbranched alkanes of at least 4 members (excludes halogenated alkanes) is 12. The molecule has 0 aromatic heterocycles. The Balaban J connectivity index is 1.37. The van der Waals surface area contributed by atoms with E-state index in [1.54, 1.807) is 24.3 Å². The summed E-state index contributed by atoms with van der Waals surface area (Å²) >= 11 is 0. The van der Waals surface area contributed by atoms with Crippen LogP contribution in [0.2, 0.25) is 0 Å². The van der Waals surface area contributed by atoms with Crippen LogP contribution < -0.4 is 0 Å². The van der Waals surface area contributed by atoms with Crippen LogP contribution in [0.15, 0.2) is 48.5 Å². The van der Waals surface area contributed by atoms with Gasteiger partial charge in [-0.2, -0.15) is 0 Å². The van der Waals surface area contributed by atoms with Crippen LogP contribution in [-0.2, 0) is 51.9 Å². The van der Waals surface area contributed by atoms with E-state index in [2.05, 4.69) is 43.5 Å². The van der Waals surface area contributed by atoms with Crippen molar-refractivity contribution in [3.8, 4) is 0 Å². The fraction of sp³-hybridized carbons (Fsp3) is 0.568. The predicted octanol–water partition coefficient (Wildman–Crippen LogP) is 9.68. The van der Waals surface area contributed by atoms with Crippen LogP contribution in [0.3, 0.4) is 0 Å². The molecule has 12 heteroatoms. The molecule has 0 saturated heterocycles. The summed E-state index contributed by atoms with van der Waals surface area (Å²) in [5.41, 5.74) is 2.83. The Bertz CT molecular complexity index is 1100. The number of ether oxygens (including phenoxy) is 2. The molecule has 12 nitrogen and oxygen atoms in total. The molecule has 0 bridgehead atoms. The second-order valence-corrected chi connectivity index (χ2v) is 11.7. The third kappa shape index (κ3) is 20.1. The standard InChI is InChI=1S/C37H52O12/c1-3-5-7-14-18-30-20-24-32(25-21-30)34(38)44-48-46-36(40)42-28-16-12-10-9-11-13-17-29-43-37(41)47-49-45-35(39)33-26-22-31(23-27-33)19-15-8-6-4-2/h20-27H,3-19,28-29H2,1-2H3. The SMILES string of the molecule is CCCCCCc1ccc(C(=O)OOOC(=O)OCCCCCCCCCOC(=O)OOOC(=O)c2ccc(CCCCCC)cc2)cc1. The molecule has 0 heterocycles. The van der Waals surface area contributed by atoms with Gasteiger partial charge in [-0.25, -0.2) is 29.0 Å². The average molecular weight is 689 g/mol. The largest absolute Gasteiger partial charge is 0.543 e. The third-order valence-electron chi connectivity index (χ3n) is 7.67. The maximum absolute atomic E-state index is 12.0. The van der Waals surface area contributed by atoms with Gasteiger partial charge in [0.2, 0.25) is 0 Å². The lowest BCUT2D eigenvalue weighted by Gasteiger charge is -2.06. The summed E-state index contributed by atoms with van der Waals surface area (Å²) in [4.78, 5) is 64.9. The third-order valence-corrected chi connectivity index (χ3v) is 7.67. The number of benzene rings is 2. The Hall–Kier alpha value is -4.16. The van der Waals surface area contributed by atoms with Crippen molar-refractivity contribution in [1.82, 2.24) is 0 Å². The zero-order chi connectivity index (χ0) is 35.4. The molecule has 272 valence electrons. The number of carbonyl (C=O) groups is 4. The molecule has 0 unspecified atom stereocenters. The fourth-order valence-corrected chi connectivity index (χ4v) is 4.82. The smallest absolute Gasteiger partial charge is 0.432 e. The number of aryl methyl sites for hydroxylation is 2. The number of hydrogen-bond donors (Lipinski definition) is 0. The minimum atomic E-state index is -1.10. The summed E-state index contributed by atoms with van der Waals surface area (Å²) in [5, 5.41) is 8.53. The molecule has 0 aliphatic heterocycles. The van der Waals surface area contributed by atoms with Crippen molar-refractivity contribution in [2.24, 2.45) is 0 Å². The summed E-state index contributed by atoms with van der Waals surface area (Å²) < 4.78 is 9.78. The van der Waals surface area contributed by atoms with Crippen LogP contribution in [0, 0.1) is 0 Å². The van der Waals surface area contributed by atoms with Gasteiger partial charge in [-0.15, -0.1) is 0 Å². The summed E-state index contributed by atoms with van der Waals surface area (Å²) in [7, 11) is 0. The monoisotopic (exact) mass is 688 g/mol. The Morgan fingerprint density at radius 2 is 0.776 bits per heavy atom. The molecule has 0 atom stereocenters. The van der Waals surface area contributed by atoms with E-state index in [1.165, 1.54) is 38.5 Å². The lowest BCUT2D eigenvalue weighted by molar-refractivity contribution is -0.452. The summed E-state index contributed by atoms with van der Waals surface area (Å²) in [6.45, 7) is 4.60. The van der Waals surface area contributed by atoms with E-state index in [4.69, 9.17) is 9.47 Å². The maximum Gasteiger partial charge on any atom is 0.543 e. The van der Waals surface area contributed by atoms with Crippen molar-refractivity contribution >= 4 is 24.2 Å². The Morgan fingerprint density at radius 3 is 1.14 bits per heavy atom. The van der Waals surface area contributed by atoms with Crippen molar-refractivity contribution in [2.75, 3.05) is 13.2 Å². The van der Waals surface area contributed by atoms with Crippen LogP contribution in [0.5, 0.6) is 0 Å². The minimum Gasteiger partial charge on any atom is -0.432 e. The first kappa shape index (κ1) is 41.0. The first-order valence-corrected chi connectivity index (χ1v) is 17.5. The second kappa shape index (κ2) is 26.8. The van der Waals surface area contributed by atoms with Gasteiger partial charge in [-0.05, 0) is 73.9 Å². The predicted molar refractivity (Wildman–Crippen MR) is 179 cm³/mol. The quantitative estimate of drug-likeness (QED) is 0.0402. The molecule has 2 aromatic carbocycles. The van der Waals surface area contributed by atoms with Crippen LogP contribution >= 0.6 is 0 Å². The average Bonchev–Trinajstić information content (AvgIpc) is 3.11. The van der Waals surface area contributed by atoms with Gasteiger partial charge in [0.05, 0.1) is 34.4 Å². The molecule has 0 fully saturated rings. The molecular formula is C37H52O12. The molecule has 0 radical (unpaired) electrons. The van der Waals surface area contributed by atoms with Gasteiger partial charge in [-0.1, -0.05) is 109 Å². The van der Waals surface area contributed by atoms with Crippen LogP contribution in [0.1, 0.15) is 142 Å². The van der Waals surface area contributed by atoms with Crippen LogP contribution in [-0.4, -0.2) is 37.5 Å². The van der Waals surface area contributed by atoms with Gasteiger partial charge in [-0.3, -0.25) is 9.78 Å². The molecule has 2 rings (SSSR count). The number of rotatable bonds is 26. The lowest BCUT2D eigenvalue weighted by Crippen LogP contribution is -2.12. The van der Waals surface area contributed by atoms with Crippen molar-refractivity contribution in [3.63, 3.8) is 0 Å². The Labute approximate surface area is 289 Å². The van der Waals surface area contributed by atoms with Crippen molar-refractivity contribution < 1.29 is 58.3 Å². The van der Waals surface area contributed by atoms with Gasteiger partial charge in [0, 0.05) is 0 Å². The van der Waals surface area contributed by atoms with Crippen molar-refractivity contribution in [1.29, 1.82) is 0 Å². The molecule has 0 saturated carbocycles. The summed E-state index contributed by atoms with van der Waals surface area (Å²) in [6, 6.07) is 14.0. The number of carbonyl (C=O) groups excluding carboxylic acids is 4. The maximum atomic E-state index is 12.0. The first-order valence-electron chi connectivity index (χ1n) is 17.5. The van der Waals surface area contributed by atoms with Gasteiger partial charge in [0.1, 0.15) is 0 Å². The Morgan fingerprint density at radius 1 is 0.429 bits per heavy atom. The number of hydrogen-bond acceptors (Lipinski definition) is 12. The molecule has 0 spiro atoms. The molecular weight excluding hydrogens is 636 g/mol. The highest BCUT2D eigenvalue weighted by Gasteiger charge is 2.14. The van der Waals surface area contributed by atoms with E-state index in [9.17, 15) is 19.2 Å². The van der Waals surface area contributed by atoms with E-state index in [1.807, 2.05) is 24.3 Å². The minimum absolute atomic E-state index is 0.134. The Kier molecular flexibility index (Phi) is 22.4. The molecule has 0 aliphatic carbocycles. The van der Waals surface area contributed by atoms with E-state index in [-0.39, 0.29) is 24.3 Å². The lowest BCUT2D eigenvalue weighted by atomic mass is 10.0.